The number of aliphatic imine (C=N–C) groups is 1. The van der Waals surface area contributed by atoms with Crippen molar-refractivity contribution in [1.29, 1.82) is 0 Å². The van der Waals surface area contributed by atoms with E-state index in [1.54, 1.807) is 0 Å². The summed E-state index contributed by atoms with van der Waals surface area (Å²) < 4.78 is 2.31. The fourth-order valence-corrected chi connectivity index (χ4v) is 3.32. The van der Waals surface area contributed by atoms with Crippen molar-refractivity contribution in [1.82, 2.24) is 25.4 Å². The number of hydrogen-bond donors (Lipinski definition) is 2. The standard InChI is InChI=1S/C20H30N6.HI/c1-3-21-20(23-15-17-10-7-6-9-16(17)2)22-13-12-19-25-24-18-11-5-4-8-14-26(18)19;/h6-7,9-10H,3-5,8,11-15H2,1-2H3,(H2,21,22,23);1H. The molecule has 0 bridgehead atoms. The van der Waals surface area contributed by atoms with Gasteiger partial charge < -0.3 is 15.2 Å². The van der Waals surface area contributed by atoms with Crippen LogP contribution in [-0.4, -0.2) is 33.8 Å². The van der Waals surface area contributed by atoms with Gasteiger partial charge in [0.1, 0.15) is 11.6 Å². The monoisotopic (exact) mass is 482 g/mol. The molecule has 0 amide bonds. The average molecular weight is 482 g/mol. The van der Waals surface area contributed by atoms with Crippen molar-refractivity contribution in [2.24, 2.45) is 4.99 Å². The molecular formula is C20H31IN6. The molecule has 0 saturated carbocycles. The summed E-state index contributed by atoms with van der Waals surface area (Å²) in [5.41, 5.74) is 2.53. The topological polar surface area (TPSA) is 67.1 Å². The van der Waals surface area contributed by atoms with Gasteiger partial charge in [0.15, 0.2) is 5.96 Å². The van der Waals surface area contributed by atoms with Crippen molar-refractivity contribution < 1.29 is 0 Å². The molecular weight excluding hydrogens is 451 g/mol. The lowest BCUT2D eigenvalue weighted by atomic mass is 10.1. The third-order valence-electron chi connectivity index (χ3n) is 4.84. The van der Waals surface area contributed by atoms with Crippen LogP contribution in [-0.2, 0) is 25.9 Å². The molecule has 1 aliphatic rings. The number of nitrogens with zero attached hydrogens (tertiary/aromatic N) is 4. The maximum atomic E-state index is 4.72. The van der Waals surface area contributed by atoms with E-state index in [2.05, 4.69) is 63.5 Å². The number of rotatable bonds is 6. The second kappa shape index (κ2) is 11.3. The van der Waals surface area contributed by atoms with Crippen LogP contribution in [0.3, 0.4) is 0 Å². The lowest BCUT2D eigenvalue weighted by molar-refractivity contribution is 0.600. The van der Waals surface area contributed by atoms with Crippen molar-refractivity contribution >= 4 is 29.9 Å². The number of fused-ring (bicyclic) bond motifs is 1. The highest BCUT2D eigenvalue weighted by atomic mass is 127. The summed E-state index contributed by atoms with van der Waals surface area (Å²) in [6, 6.07) is 8.39. The van der Waals surface area contributed by atoms with Crippen LogP contribution in [0.5, 0.6) is 0 Å². The maximum Gasteiger partial charge on any atom is 0.191 e. The molecule has 7 heteroatoms. The van der Waals surface area contributed by atoms with Gasteiger partial charge in [-0.2, -0.15) is 0 Å². The highest BCUT2D eigenvalue weighted by Crippen LogP contribution is 2.14. The number of benzene rings is 1. The molecule has 6 nitrogen and oxygen atoms in total. The van der Waals surface area contributed by atoms with E-state index in [1.165, 1.54) is 30.4 Å². The van der Waals surface area contributed by atoms with Crippen molar-refractivity contribution in [3.05, 3.63) is 47.0 Å². The van der Waals surface area contributed by atoms with E-state index in [0.717, 1.165) is 50.1 Å². The molecule has 0 spiro atoms. The molecule has 0 radical (unpaired) electrons. The molecule has 0 unspecified atom stereocenters. The minimum Gasteiger partial charge on any atom is -0.357 e. The molecule has 2 heterocycles. The van der Waals surface area contributed by atoms with Crippen molar-refractivity contribution in [2.45, 2.75) is 59.0 Å². The number of aryl methyl sites for hydroxylation is 2. The molecule has 0 atom stereocenters. The van der Waals surface area contributed by atoms with E-state index in [1.807, 2.05) is 0 Å². The van der Waals surface area contributed by atoms with Gasteiger partial charge in [0.05, 0.1) is 6.54 Å². The first-order chi connectivity index (χ1) is 12.8. The quantitative estimate of drug-likeness (QED) is 0.377. The third kappa shape index (κ3) is 6.19. The molecule has 148 valence electrons. The first kappa shape index (κ1) is 21.7. The first-order valence-corrected chi connectivity index (χ1v) is 9.75. The van der Waals surface area contributed by atoms with Gasteiger partial charge in [-0.3, -0.25) is 0 Å². The Kier molecular flexibility index (Phi) is 9.03. The lowest BCUT2D eigenvalue weighted by Crippen LogP contribution is -2.38. The number of nitrogens with one attached hydrogen (secondary N) is 2. The van der Waals surface area contributed by atoms with Crippen LogP contribution in [0.4, 0.5) is 0 Å². The van der Waals surface area contributed by atoms with Crippen molar-refractivity contribution in [3.63, 3.8) is 0 Å². The van der Waals surface area contributed by atoms with E-state index in [0.29, 0.717) is 6.54 Å². The van der Waals surface area contributed by atoms with E-state index in [-0.39, 0.29) is 24.0 Å². The summed E-state index contributed by atoms with van der Waals surface area (Å²) >= 11 is 0. The largest absolute Gasteiger partial charge is 0.357 e. The van der Waals surface area contributed by atoms with Gasteiger partial charge >= 0.3 is 0 Å². The Hall–Kier alpha value is -1.64. The van der Waals surface area contributed by atoms with Crippen LogP contribution in [0.1, 0.15) is 49.0 Å². The lowest BCUT2D eigenvalue weighted by Gasteiger charge is -2.12. The van der Waals surface area contributed by atoms with Crippen LogP contribution < -0.4 is 10.6 Å². The van der Waals surface area contributed by atoms with Gasteiger partial charge in [0.2, 0.25) is 0 Å². The number of guanidine groups is 1. The molecule has 27 heavy (non-hydrogen) atoms. The molecule has 1 aromatic heterocycles. The summed E-state index contributed by atoms with van der Waals surface area (Å²) in [5, 5.41) is 15.5. The molecule has 0 aliphatic carbocycles. The van der Waals surface area contributed by atoms with E-state index in [9.17, 15) is 0 Å². The minimum absolute atomic E-state index is 0. The van der Waals surface area contributed by atoms with Gasteiger partial charge in [0.25, 0.3) is 0 Å². The minimum atomic E-state index is 0. The highest BCUT2D eigenvalue weighted by Gasteiger charge is 2.14. The zero-order chi connectivity index (χ0) is 18.2. The predicted molar refractivity (Wildman–Crippen MR) is 121 cm³/mol. The van der Waals surface area contributed by atoms with Crippen LogP contribution >= 0.6 is 24.0 Å². The Morgan fingerprint density at radius 3 is 2.81 bits per heavy atom. The summed E-state index contributed by atoms with van der Waals surface area (Å²) in [7, 11) is 0. The Labute approximate surface area is 179 Å². The van der Waals surface area contributed by atoms with Gasteiger partial charge in [-0.1, -0.05) is 30.7 Å². The normalized spacial score (nSPS) is 14.1. The van der Waals surface area contributed by atoms with E-state index < -0.39 is 0 Å². The molecule has 2 N–H and O–H groups in total. The smallest absolute Gasteiger partial charge is 0.191 e. The highest BCUT2D eigenvalue weighted by molar-refractivity contribution is 14.0. The first-order valence-electron chi connectivity index (χ1n) is 9.75. The molecule has 3 rings (SSSR count). The van der Waals surface area contributed by atoms with E-state index >= 15 is 0 Å². The fraction of sp³-hybridized carbons (Fsp3) is 0.550. The fourth-order valence-electron chi connectivity index (χ4n) is 3.32. The van der Waals surface area contributed by atoms with Crippen LogP contribution in [0.25, 0.3) is 0 Å². The number of halogens is 1. The number of hydrogen-bond acceptors (Lipinski definition) is 3. The van der Waals surface area contributed by atoms with Crippen LogP contribution in [0, 0.1) is 6.92 Å². The Bertz CT molecular complexity index is 740. The van der Waals surface area contributed by atoms with E-state index in [4.69, 9.17) is 4.99 Å². The second-order valence-corrected chi connectivity index (χ2v) is 6.79. The Balaban J connectivity index is 0.00000261. The summed E-state index contributed by atoms with van der Waals surface area (Å²) in [6.07, 6.45) is 5.67. The Morgan fingerprint density at radius 1 is 1.15 bits per heavy atom. The zero-order valence-corrected chi connectivity index (χ0v) is 18.7. The molecule has 1 aromatic carbocycles. The molecule has 0 saturated heterocycles. The Morgan fingerprint density at radius 2 is 2.00 bits per heavy atom. The summed E-state index contributed by atoms with van der Waals surface area (Å²) in [6.45, 7) is 7.60. The van der Waals surface area contributed by atoms with Gasteiger partial charge in [-0.15, -0.1) is 34.2 Å². The zero-order valence-electron chi connectivity index (χ0n) is 16.4. The summed E-state index contributed by atoms with van der Waals surface area (Å²) in [4.78, 5) is 4.72. The van der Waals surface area contributed by atoms with Crippen molar-refractivity contribution in [3.8, 4) is 0 Å². The van der Waals surface area contributed by atoms with Crippen LogP contribution in [0.2, 0.25) is 0 Å². The maximum absolute atomic E-state index is 4.72. The van der Waals surface area contributed by atoms with Gasteiger partial charge in [-0.25, -0.2) is 4.99 Å². The SMILES string of the molecule is CCNC(=NCc1ccccc1C)NCCc1nnc2n1CCCCC2.I. The van der Waals surface area contributed by atoms with Gasteiger partial charge in [-0.05, 0) is 37.8 Å². The van der Waals surface area contributed by atoms with Crippen LogP contribution in [0.15, 0.2) is 29.3 Å². The molecule has 0 fully saturated rings. The molecule has 1 aliphatic heterocycles. The van der Waals surface area contributed by atoms with Crippen molar-refractivity contribution in [2.75, 3.05) is 13.1 Å². The average Bonchev–Trinajstić information content (AvgIpc) is 2.87. The third-order valence-corrected chi connectivity index (χ3v) is 4.84. The molecule has 2 aromatic rings. The second-order valence-electron chi connectivity index (χ2n) is 6.79. The number of aromatic nitrogens is 3. The van der Waals surface area contributed by atoms with Gasteiger partial charge in [0, 0.05) is 32.5 Å². The summed E-state index contributed by atoms with van der Waals surface area (Å²) in [5.74, 6) is 3.09. The predicted octanol–water partition coefficient (Wildman–Crippen LogP) is 3.23.